The van der Waals surface area contributed by atoms with Gasteiger partial charge in [-0.05, 0) is 26.0 Å². The minimum Gasteiger partial charge on any atom is -0.450 e. The second-order valence-corrected chi connectivity index (χ2v) is 5.87. The van der Waals surface area contributed by atoms with Gasteiger partial charge in [0, 0.05) is 26.2 Å². The van der Waals surface area contributed by atoms with Gasteiger partial charge in [-0.1, -0.05) is 12.1 Å². The van der Waals surface area contributed by atoms with Crippen LogP contribution in [0.3, 0.4) is 0 Å². The Labute approximate surface area is 140 Å². The Morgan fingerprint density at radius 3 is 2.71 bits per heavy atom. The number of para-hydroxylation sites is 1. The molecule has 24 heavy (non-hydrogen) atoms. The van der Waals surface area contributed by atoms with Crippen LogP contribution in [0, 0.1) is 0 Å². The van der Waals surface area contributed by atoms with Crippen LogP contribution >= 0.6 is 0 Å². The lowest BCUT2D eigenvalue weighted by Gasteiger charge is -2.37. The van der Waals surface area contributed by atoms with Gasteiger partial charge in [0.05, 0.1) is 23.6 Å². The number of aromatic nitrogens is 2. The molecule has 1 saturated heterocycles. The summed E-state index contributed by atoms with van der Waals surface area (Å²) in [4.78, 5) is 35.4. The van der Waals surface area contributed by atoms with Crippen molar-refractivity contribution in [1.82, 2.24) is 19.8 Å². The van der Waals surface area contributed by atoms with E-state index >= 15 is 0 Å². The summed E-state index contributed by atoms with van der Waals surface area (Å²) in [5.41, 5.74) is 0.584. The molecule has 1 N–H and O–H groups in total. The first kappa shape index (κ1) is 16.4. The van der Waals surface area contributed by atoms with E-state index in [9.17, 15) is 9.59 Å². The monoisotopic (exact) mass is 330 g/mol. The molecule has 0 radical (unpaired) electrons. The Morgan fingerprint density at radius 1 is 1.29 bits per heavy atom. The summed E-state index contributed by atoms with van der Waals surface area (Å²) in [6, 6.07) is 7.30. The van der Waals surface area contributed by atoms with Gasteiger partial charge in [0.25, 0.3) is 5.56 Å². The third-order valence-corrected chi connectivity index (χ3v) is 4.41. The summed E-state index contributed by atoms with van der Waals surface area (Å²) in [5, 5.41) is 0.598. The number of rotatable bonds is 3. The molecule has 128 valence electrons. The number of piperazine rings is 1. The maximum absolute atomic E-state index is 12.2. The predicted molar refractivity (Wildman–Crippen MR) is 90.9 cm³/mol. The zero-order valence-electron chi connectivity index (χ0n) is 14.0. The van der Waals surface area contributed by atoms with E-state index in [0.29, 0.717) is 36.4 Å². The number of carbonyl (C=O) groups excluding carboxylic acids is 1. The van der Waals surface area contributed by atoms with Crippen molar-refractivity contribution in [3.63, 3.8) is 0 Å². The average Bonchev–Trinajstić information content (AvgIpc) is 2.61. The normalized spacial score (nSPS) is 17.0. The van der Waals surface area contributed by atoms with Crippen molar-refractivity contribution in [1.29, 1.82) is 0 Å². The van der Waals surface area contributed by atoms with Crippen LogP contribution in [0.1, 0.15) is 25.7 Å². The van der Waals surface area contributed by atoms with Gasteiger partial charge in [-0.25, -0.2) is 9.78 Å². The molecule has 7 nitrogen and oxygen atoms in total. The van der Waals surface area contributed by atoms with E-state index in [1.165, 1.54) is 0 Å². The zero-order valence-corrected chi connectivity index (χ0v) is 14.0. The first-order valence-electron chi connectivity index (χ1n) is 8.25. The van der Waals surface area contributed by atoms with Gasteiger partial charge < -0.3 is 14.6 Å². The van der Waals surface area contributed by atoms with Crippen molar-refractivity contribution in [3.05, 3.63) is 40.4 Å². The summed E-state index contributed by atoms with van der Waals surface area (Å²) in [5.74, 6) is 0.656. The Morgan fingerprint density at radius 2 is 2.00 bits per heavy atom. The molecule has 1 amide bonds. The fourth-order valence-electron chi connectivity index (χ4n) is 2.98. The quantitative estimate of drug-likeness (QED) is 0.928. The molecule has 0 bridgehead atoms. The molecule has 0 unspecified atom stereocenters. The van der Waals surface area contributed by atoms with Crippen molar-refractivity contribution in [2.75, 3.05) is 32.8 Å². The molecular formula is C17H22N4O3. The van der Waals surface area contributed by atoms with Crippen LogP contribution in [-0.2, 0) is 4.74 Å². The minimum atomic E-state index is -0.262. The van der Waals surface area contributed by atoms with Crippen molar-refractivity contribution in [3.8, 4) is 0 Å². The molecular weight excluding hydrogens is 308 g/mol. The third kappa shape index (κ3) is 3.26. The van der Waals surface area contributed by atoms with Crippen molar-refractivity contribution in [2.24, 2.45) is 0 Å². The number of nitrogens with one attached hydrogen (secondary N) is 1. The number of ether oxygens (including phenoxy) is 1. The van der Waals surface area contributed by atoms with Gasteiger partial charge in [-0.3, -0.25) is 9.69 Å². The van der Waals surface area contributed by atoms with Crippen LogP contribution in [0.2, 0.25) is 0 Å². The second-order valence-electron chi connectivity index (χ2n) is 5.87. The summed E-state index contributed by atoms with van der Waals surface area (Å²) in [7, 11) is 0. The molecule has 2 heterocycles. The number of hydrogen-bond donors (Lipinski definition) is 1. The number of benzene rings is 1. The van der Waals surface area contributed by atoms with Crippen molar-refractivity contribution >= 4 is 17.0 Å². The highest BCUT2D eigenvalue weighted by Crippen LogP contribution is 2.19. The Balaban J connectivity index is 1.73. The molecule has 1 fully saturated rings. The van der Waals surface area contributed by atoms with E-state index < -0.39 is 0 Å². The average molecular weight is 330 g/mol. The molecule has 7 heteroatoms. The summed E-state index contributed by atoms with van der Waals surface area (Å²) < 4.78 is 5.03. The van der Waals surface area contributed by atoms with Gasteiger partial charge in [0.15, 0.2) is 0 Å². The van der Waals surface area contributed by atoms with Gasteiger partial charge in [-0.15, -0.1) is 0 Å². The Bertz CT molecular complexity index is 781. The first-order valence-corrected chi connectivity index (χ1v) is 8.25. The van der Waals surface area contributed by atoms with E-state index in [-0.39, 0.29) is 17.7 Å². The molecule has 1 aromatic carbocycles. The summed E-state index contributed by atoms with van der Waals surface area (Å²) in [6.45, 7) is 6.87. The largest absolute Gasteiger partial charge is 0.450 e. The fourth-order valence-corrected chi connectivity index (χ4v) is 2.98. The van der Waals surface area contributed by atoms with Gasteiger partial charge in [0.1, 0.15) is 5.82 Å². The molecule has 0 aliphatic carbocycles. The summed E-state index contributed by atoms with van der Waals surface area (Å²) in [6.07, 6.45) is -0.262. The van der Waals surface area contributed by atoms with Gasteiger partial charge in [-0.2, -0.15) is 0 Å². The smallest absolute Gasteiger partial charge is 0.409 e. The SMILES string of the molecule is CCOC(=O)N1CCN([C@H](C)c2nc3ccccc3c(=O)[nH]2)CC1. The highest BCUT2D eigenvalue weighted by Gasteiger charge is 2.26. The van der Waals surface area contributed by atoms with Crippen LogP contribution in [0.4, 0.5) is 4.79 Å². The number of aromatic amines is 1. The highest BCUT2D eigenvalue weighted by molar-refractivity contribution is 5.77. The molecule has 1 aliphatic heterocycles. The minimum absolute atomic E-state index is 0.0216. The lowest BCUT2D eigenvalue weighted by molar-refractivity contribution is 0.0673. The van der Waals surface area contributed by atoms with Crippen LogP contribution in [0.5, 0.6) is 0 Å². The Hall–Kier alpha value is -2.41. The van der Waals surface area contributed by atoms with E-state index in [1.54, 1.807) is 17.9 Å². The second kappa shape index (κ2) is 7.00. The number of carbonyl (C=O) groups is 1. The third-order valence-electron chi connectivity index (χ3n) is 4.41. The van der Waals surface area contributed by atoms with E-state index in [1.807, 2.05) is 25.1 Å². The fraction of sp³-hybridized carbons (Fsp3) is 0.471. The van der Waals surface area contributed by atoms with E-state index in [0.717, 1.165) is 13.1 Å². The zero-order chi connectivity index (χ0) is 17.1. The van der Waals surface area contributed by atoms with Crippen LogP contribution in [0.15, 0.2) is 29.1 Å². The molecule has 1 aliphatic rings. The van der Waals surface area contributed by atoms with Gasteiger partial charge >= 0.3 is 6.09 Å². The van der Waals surface area contributed by atoms with Crippen molar-refractivity contribution < 1.29 is 9.53 Å². The Kier molecular flexibility index (Phi) is 4.80. The van der Waals surface area contributed by atoms with E-state index in [4.69, 9.17) is 4.74 Å². The number of hydrogen-bond acceptors (Lipinski definition) is 5. The summed E-state index contributed by atoms with van der Waals surface area (Å²) >= 11 is 0. The van der Waals surface area contributed by atoms with Crippen molar-refractivity contribution in [2.45, 2.75) is 19.9 Å². The lowest BCUT2D eigenvalue weighted by atomic mass is 10.2. The molecule has 2 aromatic rings. The van der Waals surface area contributed by atoms with Crippen LogP contribution in [-0.4, -0.2) is 58.6 Å². The first-order chi connectivity index (χ1) is 11.6. The number of fused-ring (bicyclic) bond motifs is 1. The number of H-pyrrole nitrogens is 1. The van der Waals surface area contributed by atoms with Gasteiger partial charge in [0.2, 0.25) is 0 Å². The molecule has 3 rings (SSSR count). The highest BCUT2D eigenvalue weighted by atomic mass is 16.6. The predicted octanol–water partition coefficient (Wildman–Crippen LogP) is 1.76. The number of nitrogens with zero attached hydrogens (tertiary/aromatic N) is 3. The molecule has 0 saturated carbocycles. The molecule has 1 aromatic heterocycles. The molecule has 1 atom stereocenters. The maximum Gasteiger partial charge on any atom is 0.409 e. The topological polar surface area (TPSA) is 78.5 Å². The van der Waals surface area contributed by atoms with Crippen LogP contribution in [0.25, 0.3) is 10.9 Å². The van der Waals surface area contributed by atoms with E-state index in [2.05, 4.69) is 14.9 Å². The number of amides is 1. The maximum atomic E-state index is 12.2. The molecule has 0 spiro atoms. The standard InChI is InChI=1S/C17H22N4O3/c1-3-24-17(23)21-10-8-20(9-11-21)12(2)15-18-14-7-5-4-6-13(14)16(22)19-15/h4-7,12H,3,8-11H2,1-2H3,(H,18,19,22)/t12-/m1/s1. The van der Waals surface area contributed by atoms with Crippen LogP contribution < -0.4 is 5.56 Å². The lowest BCUT2D eigenvalue weighted by Crippen LogP contribution is -2.49.